The zero-order valence-electron chi connectivity index (χ0n) is 17.1. The smallest absolute Gasteiger partial charge is 0.230 e. The first kappa shape index (κ1) is 19.0. The molecule has 30 heavy (non-hydrogen) atoms. The lowest BCUT2D eigenvalue weighted by Gasteiger charge is -2.27. The minimum atomic E-state index is -0.686. The predicted molar refractivity (Wildman–Crippen MR) is 108 cm³/mol. The van der Waals surface area contributed by atoms with Crippen molar-refractivity contribution in [1.82, 2.24) is 24.6 Å². The maximum atomic E-state index is 13.3. The number of aromatic nitrogens is 3. The zero-order valence-corrected chi connectivity index (χ0v) is 17.1. The highest BCUT2D eigenvalue weighted by molar-refractivity contribution is 5.93. The third-order valence-corrected chi connectivity index (χ3v) is 6.43. The van der Waals surface area contributed by atoms with Crippen molar-refractivity contribution in [2.45, 2.75) is 24.7 Å². The Labute approximate surface area is 175 Å². The molecule has 2 aromatic rings. The summed E-state index contributed by atoms with van der Waals surface area (Å²) in [6.07, 6.45) is 11.6. The maximum absolute atomic E-state index is 13.3. The number of nitrogens with zero attached hydrogens (tertiary/aromatic N) is 5. The van der Waals surface area contributed by atoms with E-state index in [9.17, 15) is 9.59 Å². The Morgan fingerprint density at radius 3 is 2.97 bits per heavy atom. The van der Waals surface area contributed by atoms with Gasteiger partial charge in [0.25, 0.3) is 0 Å². The van der Waals surface area contributed by atoms with Gasteiger partial charge in [0, 0.05) is 45.8 Å². The van der Waals surface area contributed by atoms with Crippen LogP contribution in [-0.4, -0.2) is 68.2 Å². The number of fused-ring (bicyclic) bond motifs is 1. The number of ether oxygens (including phenoxy) is 1. The third kappa shape index (κ3) is 3.02. The van der Waals surface area contributed by atoms with E-state index in [2.05, 4.69) is 10.1 Å². The summed E-state index contributed by atoms with van der Waals surface area (Å²) in [4.78, 5) is 34.3. The minimum absolute atomic E-state index is 0.00953. The number of amides is 2. The van der Waals surface area contributed by atoms with Crippen LogP contribution in [0, 0.1) is 11.8 Å². The summed E-state index contributed by atoms with van der Waals surface area (Å²) in [7, 11) is 3.67. The standard InChI is InChI=1S/C22H25N5O3/c1-25(9-6-16-11-24-26(2)12-16)20(28)18-17-5-7-22(30-17)14-27(21(29)19(18)22)13-15-4-3-8-23-10-15/h3-5,7-8,10-12,17-19H,6,9,13-14H2,1-2H3/t17-,18-,19-,22-/m0/s1. The van der Waals surface area contributed by atoms with Crippen molar-refractivity contribution in [2.24, 2.45) is 18.9 Å². The second kappa shape index (κ2) is 7.05. The Kier molecular flexibility index (Phi) is 4.47. The van der Waals surface area contributed by atoms with E-state index in [0.29, 0.717) is 19.6 Å². The fourth-order valence-corrected chi connectivity index (χ4v) is 4.97. The lowest BCUT2D eigenvalue weighted by molar-refractivity contribution is -0.142. The molecule has 2 amide bonds. The average molecular weight is 407 g/mol. The van der Waals surface area contributed by atoms with Crippen LogP contribution in [-0.2, 0) is 34.3 Å². The van der Waals surface area contributed by atoms with Crippen molar-refractivity contribution in [3.05, 3.63) is 60.2 Å². The van der Waals surface area contributed by atoms with Crippen LogP contribution in [0.5, 0.6) is 0 Å². The molecule has 2 saturated heterocycles. The Morgan fingerprint density at radius 1 is 1.37 bits per heavy atom. The van der Waals surface area contributed by atoms with Crippen molar-refractivity contribution in [2.75, 3.05) is 20.1 Å². The van der Waals surface area contributed by atoms with Crippen LogP contribution >= 0.6 is 0 Å². The number of rotatable bonds is 6. The van der Waals surface area contributed by atoms with Gasteiger partial charge in [-0.1, -0.05) is 18.2 Å². The molecule has 0 saturated carbocycles. The average Bonchev–Trinajstić information content (AvgIpc) is 3.48. The Balaban J connectivity index is 1.31. The molecule has 0 radical (unpaired) electrons. The van der Waals surface area contributed by atoms with Gasteiger partial charge in [-0.05, 0) is 23.6 Å². The van der Waals surface area contributed by atoms with Gasteiger partial charge < -0.3 is 14.5 Å². The van der Waals surface area contributed by atoms with Crippen LogP contribution in [0.15, 0.2) is 49.1 Å². The first-order valence-electron chi connectivity index (χ1n) is 10.2. The second-order valence-corrected chi connectivity index (χ2v) is 8.49. The molecule has 0 aromatic carbocycles. The summed E-state index contributed by atoms with van der Waals surface area (Å²) in [5.74, 6) is -0.973. The molecule has 8 nitrogen and oxygen atoms in total. The lowest BCUT2D eigenvalue weighted by atomic mass is 9.76. The Bertz CT molecular complexity index is 1000. The van der Waals surface area contributed by atoms with E-state index in [1.54, 1.807) is 33.9 Å². The molecule has 2 aromatic heterocycles. The summed E-state index contributed by atoms with van der Waals surface area (Å²) in [5.41, 5.74) is 1.36. The van der Waals surface area contributed by atoms with E-state index in [4.69, 9.17) is 4.74 Å². The van der Waals surface area contributed by atoms with Gasteiger partial charge in [-0.2, -0.15) is 5.10 Å². The molecular formula is C22H25N5O3. The number of hydrogen-bond donors (Lipinski definition) is 0. The lowest BCUT2D eigenvalue weighted by Crippen LogP contribution is -2.45. The molecule has 2 fully saturated rings. The predicted octanol–water partition coefficient (Wildman–Crippen LogP) is 0.798. The number of carbonyl (C=O) groups is 2. The number of likely N-dealkylation sites (tertiary alicyclic amines) is 1. The largest absolute Gasteiger partial charge is 0.360 e. The van der Waals surface area contributed by atoms with Crippen molar-refractivity contribution < 1.29 is 14.3 Å². The highest BCUT2D eigenvalue weighted by Crippen LogP contribution is 2.52. The molecule has 3 aliphatic heterocycles. The fraction of sp³-hybridized carbons (Fsp3) is 0.455. The van der Waals surface area contributed by atoms with Crippen molar-refractivity contribution in [3.8, 4) is 0 Å². The number of aryl methyl sites for hydroxylation is 1. The van der Waals surface area contributed by atoms with Gasteiger partial charge in [0.1, 0.15) is 5.60 Å². The summed E-state index contributed by atoms with van der Waals surface area (Å²) in [5, 5.41) is 4.17. The first-order valence-corrected chi connectivity index (χ1v) is 10.2. The van der Waals surface area contributed by atoms with Gasteiger partial charge in [-0.15, -0.1) is 0 Å². The van der Waals surface area contributed by atoms with Crippen molar-refractivity contribution in [1.29, 1.82) is 0 Å². The maximum Gasteiger partial charge on any atom is 0.230 e. The number of likely N-dealkylation sites (N-methyl/N-ethyl adjacent to an activating group) is 1. The van der Waals surface area contributed by atoms with Crippen molar-refractivity contribution in [3.63, 3.8) is 0 Å². The summed E-state index contributed by atoms with van der Waals surface area (Å²) in [6, 6.07) is 3.82. The molecule has 0 N–H and O–H groups in total. The minimum Gasteiger partial charge on any atom is -0.360 e. The first-order chi connectivity index (χ1) is 14.5. The van der Waals surface area contributed by atoms with E-state index in [-0.39, 0.29) is 17.9 Å². The molecule has 156 valence electrons. The van der Waals surface area contributed by atoms with E-state index in [0.717, 1.165) is 17.5 Å². The van der Waals surface area contributed by atoms with E-state index < -0.39 is 17.4 Å². The van der Waals surface area contributed by atoms with Crippen molar-refractivity contribution >= 4 is 11.8 Å². The number of carbonyl (C=O) groups excluding carboxylic acids is 2. The summed E-state index contributed by atoms with van der Waals surface area (Å²) < 4.78 is 7.98. The van der Waals surface area contributed by atoms with Crippen LogP contribution in [0.3, 0.4) is 0 Å². The van der Waals surface area contributed by atoms with Crippen LogP contribution in [0.25, 0.3) is 0 Å². The van der Waals surface area contributed by atoms with Crippen LogP contribution in [0.1, 0.15) is 11.1 Å². The van der Waals surface area contributed by atoms with E-state index in [1.807, 2.05) is 43.7 Å². The van der Waals surface area contributed by atoms with E-state index in [1.165, 1.54) is 0 Å². The molecular weight excluding hydrogens is 382 g/mol. The zero-order chi connectivity index (χ0) is 20.9. The highest BCUT2D eigenvalue weighted by atomic mass is 16.5. The number of hydrogen-bond acceptors (Lipinski definition) is 5. The molecule has 8 heteroatoms. The second-order valence-electron chi connectivity index (χ2n) is 8.49. The Hall–Kier alpha value is -3.00. The normalized spacial score (nSPS) is 28.9. The van der Waals surface area contributed by atoms with E-state index >= 15 is 0 Å². The summed E-state index contributed by atoms with van der Waals surface area (Å²) in [6.45, 7) is 1.52. The molecule has 1 spiro atoms. The van der Waals surface area contributed by atoms with Gasteiger partial charge in [0.05, 0.1) is 30.7 Å². The van der Waals surface area contributed by atoms with Gasteiger partial charge >= 0.3 is 0 Å². The molecule has 4 atom stereocenters. The highest BCUT2D eigenvalue weighted by Gasteiger charge is 2.67. The van der Waals surface area contributed by atoms with Crippen LogP contribution in [0.4, 0.5) is 0 Å². The van der Waals surface area contributed by atoms with Gasteiger partial charge in [-0.25, -0.2) is 0 Å². The molecule has 5 rings (SSSR count). The van der Waals surface area contributed by atoms with Crippen LogP contribution in [0.2, 0.25) is 0 Å². The van der Waals surface area contributed by atoms with Gasteiger partial charge in [0.15, 0.2) is 0 Å². The SMILES string of the molecule is CN(CCc1cnn(C)c1)C(=O)[C@H]1[C@@H]2C=C[C@@]3(CN(Cc4cccnc4)C(=O)[C@H]13)O2. The quantitative estimate of drug-likeness (QED) is 0.662. The van der Waals surface area contributed by atoms with Crippen LogP contribution < -0.4 is 0 Å². The fourth-order valence-electron chi connectivity index (χ4n) is 4.97. The monoisotopic (exact) mass is 407 g/mol. The molecule has 5 heterocycles. The molecule has 3 aliphatic rings. The molecule has 2 bridgehead atoms. The van der Waals surface area contributed by atoms with Gasteiger partial charge in [-0.3, -0.25) is 19.3 Å². The third-order valence-electron chi connectivity index (χ3n) is 6.43. The Morgan fingerprint density at radius 2 is 2.23 bits per heavy atom. The molecule has 0 aliphatic carbocycles. The topological polar surface area (TPSA) is 80.6 Å². The molecule has 0 unspecified atom stereocenters. The summed E-state index contributed by atoms with van der Waals surface area (Å²) >= 11 is 0. The number of pyridine rings is 1. The van der Waals surface area contributed by atoms with Gasteiger partial charge in [0.2, 0.25) is 11.8 Å².